The molecular formula is C37H70NO6+. The van der Waals surface area contributed by atoms with Gasteiger partial charge in [0.2, 0.25) is 0 Å². The van der Waals surface area contributed by atoms with Crippen LogP contribution >= 0.6 is 0 Å². The van der Waals surface area contributed by atoms with Crippen molar-refractivity contribution in [3.63, 3.8) is 0 Å². The van der Waals surface area contributed by atoms with Crippen LogP contribution in [0.1, 0.15) is 182 Å². The smallest absolute Gasteiger partial charge is 0.362 e. The highest BCUT2D eigenvalue weighted by Gasteiger charge is 2.56. The Balaban J connectivity index is 4.72. The van der Waals surface area contributed by atoms with Crippen molar-refractivity contribution in [2.45, 2.75) is 200 Å². The van der Waals surface area contributed by atoms with E-state index in [0.29, 0.717) is 25.7 Å². The highest BCUT2D eigenvalue weighted by atomic mass is 16.4. The number of hydrogen-bond donors (Lipinski definition) is 3. The molecule has 3 unspecified atom stereocenters. The maximum atomic E-state index is 12.6. The molecule has 3 atom stereocenters. The molecule has 0 aliphatic rings. The summed E-state index contributed by atoms with van der Waals surface area (Å²) in [5, 5.41) is 30.9. The van der Waals surface area contributed by atoms with E-state index in [-0.39, 0.29) is 30.3 Å². The Labute approximate surface area is 270 Å². The summed E-state index contributed by atoms with van der Waals surface area (Å²) < 4.78 is -0.370. The quantitative estimate of drug-likeness (QED) is 0.0390. The fourth-order valence-corrected chi connectivity index (χ4v) is 6.99. The van der Waals surface area contributed by atoms with Crippen LogP contribution in [0.3, 0.4) is 0 Å². The van der Waals surface area contributed by atoms with E-state index < -0.39 is 36.0 Å². The molecule has 0 aromatic heterocycles. The Morgan fingerprint density at radius 2 is 0.750 bits per heavy atom. The van der Waals surface area contributed by atoms with Gasteiger partial charge in [-0.1, -0.05) is 117 Å². The molecule has 258 valence electrons. The molecule has 0 aliphatic carbocycles. The predicted octanol–water partition coefficient (Wildman–Crippen LogP) is 10.2. The summed E-state index contributed by atoms with van der Waals surface area (Å²) >= 11 is 0. The number of hydrogen-bond acceptors (Lipinski definition) is 3. The molecule has 7 nitrogen and oxygen atoms in total. The number of quaternary nitrogens is 1. The van der Waals surface area contributed by atoms with E-state index in [2.05, 4.69) is 19.1 Å². The molecule has 0 amide bonds. The van der Waals surface area contributed by atoms with Crippen molar-refractivity contribution >= 4 is 17.9 Å². The van der Waals surface area contributed by atoms with Crippen LogP contribution in [0.4, 0.5) is 0 Å². The Kier molecular flexibility index (Phi) is 26.2. The summed E-state index contributed by atoms with van der Waals surface area (Å²) in [5.41, 5.74) is 0. The van der Waals surface area contributed by atoms with Gasteiger partial charge in [-0.2, -0.15) is 0 Å². The van der Waals surface area contributed by atoms with Crippen LogP contribution in [0.15, 0.2) is 12.2 Å². The first kappa shape index (κ1) is 42.1. The van der Waals surface area contributed by atoms with E-state index in [9.17, 15) is 29.7 Å². The number of allylic oxidation sites excluding steroid dienone is 2. The van der Waals surface area contributed by atoms with Crippen LogP contribution in [0.2, 0.25) is 0 Å². The minimum absolute atomic E-state index is 0.271. The van der Waals surface area contributed by atoms with Crippen LogP contribution in [-0.4, -0.2) is 62.4 Å². The lowest BCUT2D eigenvalue weighted by molar-refractivity contribution is -0.973. The van der Waals surface area contributed by atoms with E-state index in [0.717, 1.165) is 19.3 Å². The molecule has 0 rings (SSSR count). The van der Waals surface area contributed by atoms with Crippen LogP contribution < -0.4 is 0 Å². The predicted molar refractivity (Wildman–Crippen MR) is 182 cm³/mol. The average Bonchev–Trinajstić information content (AvgIpc) is 2.98. The Bertz CT molecular complexity index is 707. The van der Waals surface area contributed by atoms with E-state index in [4.69, 9.17) is 0 Å². The van der Waals surface area contributed by atoms with Crippen LogP contribution in [-0.2, 0) is 14.4 Å². The maximum absolute atomic E-state index is 12.6. The molecular weight excluding hydrogens is 554 g/mol. The number of aliphatic carboxylic acids is 3. The molecule has 0 saturated carbocycles. The van der Waals surface area contributed by atoms with Crippen LogP contribution in [0.5, 0.6) is 0 Å². The zero-order chi connectivity index (χ0) is 33.1. The summed E-state index contributed by atoms with van der Waals surface area (Å²) in [5.74, 6) is -3.24. The van der Waals surface area contributed by atoms with Crippen molar-refractivity contribution in [3.05, 3.63) is 12.2 Å². The normalized spacial score (nSPS) is 15.2. The maximum Gasteiger partial charge on any atom is 0.362 e. The lowest BCUT2D eigenvalue weighted by Gasteiger charge is -2.50. The summed E-state index contributed by atoms with van der Waals surface area (Å²) in [6.45, 7) is 8.17. The molecule has 0 bridgehead atoms. The monoisotopic (exact) mass is 625 g/mol. The number of nitrogens with zero attached hydrogens (tertiary/aromatic N) is 1. The van der Waals surface area contributed by atoms with Gasteiger partial charge in [-0.25, -0.2) is 14.4 Å². The number of carbonyl (C=O) groups is 3. The van der Waals surface area contributed by atoms with Crippen molar-refractivity contribution in [2.24, 2.45) is 0 Å². The van der Waals surface area contributed by atoms with Crippen molar-refractivity contribution in [1.82, 2.24) is 0 Å². The first-order valence-corrected chi connectivity index (χ1v) is 18.4. The standard InChI is InChI=1S/C37H69NO6/c1-5-9-10-11-12-13-14-15-16-17-18-19-20-21-22-23-24-25-26-27-31-38(32(28-6-2)35(39)40,33(29-7-3)36(41)42)34(30-8-4)37(43)44/h12-13,32-34H,5-11,14-31H2,1-4H3,(H2-,39,40,41,42,43,44)/p+1/b13-12+. The third-order valence-corrected chi connectivity index (χ3v) is 9.34. The fourth-order valence-electron chi connectivity index (χ4n) is 6.99. The van der Waals surface area contributed by atoms with Gasteiger partial charge in [0.05, 0.1) is 6.54 Å². The summed E-state index contributed by atoms with van der Waals surface area (Å²) in [6, 6.07) is -3.13. The SMILES string of the molecule is CCCCC/C=C/CCCCCCCCCCCCCCC[N+](C(CCC)C(=O)O)(C(CCC)C(=O)O)C(CCC)C(=O)O. The van der Waals surface area contributed by atoms with Crippen molar-refractivity contribution in [2.75, 3.05) is 6.54 Å². The average molecular weight is 625 g/mol. The van der Waals surface area contributed by atoms with Gasteiger partial charge in [-0.3, -0.25) is 4.48 Å². The molecule has 7 heteroatoms. The second-order valence-electron chi connectivity index (χ2n) is 13.0. The second kappa shape index (κ2) is 27.4. The first-order valence-electron chi connectivity index (χ1n) is 18.4. The second-order valence-corrected chi connectivity index (χ2v) is 13.0. The molecule has 0 spiro atoms. The van der Waals surface area contributed by atoms with Gasteiger partial charge >= 0.3 is 17.9 Å². The first-order chi connectivity index (χ1) is 21.2. The van der Waals surface area contributed by atoms with Gasteiger partial charge < -0.3 is 15.3 Å². The van der Waals surface area contributed by atoms with Gasteiger partial charge in [-0.15, -0.1) is 0 Å². The summed E-state index contributed by atoms with van der Waals surface area (Å²) in [4.78, 5) is 37.8. The van der Waals surface area contributed by atoms with Gasteiger partial charge in [0.15, 0.2) is 18.1 Å². The van der Waals surface area contributed by atoms with E-state index in [1.807, 2.05) is 20.8 Å². The molecule has 3 N–H and O–H groups in total. The van der Waals surface area contributed by atoms with E-state index in [1.165, 1.54) is 89.9 Å². The van der Waals surface area contributed by atoms with Crippen molar-refractivity contribution in [3.8, 4) is 0 Å². The molecule has 0 aromatic rings. The van der Waals surface area contributed by atoms with E-state index >= 15 is 0 Å². The number of unbranched alkanes of at least 4 members (excludes halogenated alkanes) is 16. The summed E-state index contributed by atoms with van der Waals surface area (Å²) in [6.07, 6.45) is 28.9. The van der Waals surface area contributed by atoms with Crippen LogP contribution in [0, 0.1) is 0 Å². The molecule has 0 radical (unpaired) electrons. The molecule has 0 saturated heterocycles. The topological polar surface area (TPSA) is 112 Å². The van der Waals surface area contributed by atoms with E-state index in [1.54, 1.807) is 0 Å². The zero-order valence-corrected chi connectivity index (χ0v) is 29.1. The lowest BCUT2D eigenvalue weighted by Crippen LogP contribution is -2.72. The highest BCUT2D eigenvalue weighted by molar-refractivity contribution is 5.78. The minimum atomic E-state index is -1.08. The highest BCUT2D eigenvalue weighted by Crippen LogP contribution is 2.34. The van der Waals surface area contributed by atoms with Crippen molar-refractivity contribution < 1.29 is 34.2 Å². The Hall–Kier alpha value is -1.89. The third kappa shape index (κ3) is 17.0. The zero-order valence-electron chi connectivity index (χ0n) is 29.1. The Morgan fingerprint density at radius 3 is 1.05 bits per heavy atom. The van der Waals surface area contributed by atoms with Crippen molar-refractivity contribution in [1.29, 1.82) is 0 Å². The number of carboxylic acid groups (broad SMARTS) is 3. The lowest BCUT2D eigenvalue weighted by atomic mass is 9.91. The molecule has 0 heterocycles. The number of rotatable bonds is 32. The Morgan fingerprint density at radius 1 is 0.455 bits per heavy atom. The molecule has 0 aromatic carbocycles. The molecule has 0 fully saturated rings. The minimum Gasteiger partial charge on any atom is -0.477 e. The molecule has 0 aliphatic heterocycles. The van der Waals surface area contributed by atoms with Gasteiger partial charge in [0, 0.05) is 19.3 Å². The number of carboxylic acids is 3. The fraction of sp³-hybridized carbons (Fsp3) is 0.865. The largest absolute Gasteiger partial charge is 0.477 e. The van der Waals surface area contributed by atoms with Crippen LogP contribution in [0.25, 0.3) is 0 Å². The van der Waals surface area contributed by atoms with Gasteiger partial charge in [0.1, 0.15) is 0 Å². The third-order valence-electron chi connectivity index (χ3n) is 9.34. The summed E-state index contributed by atoms with van der Waals surface area (Å²) in [7, 11) is 0. The van der Waals surface area contributed by atoms with Gasteiger partial charge in [0.25, 0.3) is 0 Å². The molecule has 44 heavy (non-hydrogen) atoms. The van der Waals surface area contributed by atoms with Gasteiger partial charge in [-0.05, 0) is 57.8 Å².